The van der Waals surface area contributed by atoms with Crippen LogP contribution in [0.2, 0.25) is 5.02 Å². The number of rotatable bonds is 4. The maximum absolute atomic E-state index is 13.2. The highest BCUT2D eigenvalue weighted by atomic mass is 35.5. The van der Waals surface area contributed by atoms with Gasteiger partial charge in [0.15, 0.2) is 0 Å². The minimum atomic E-state index is -1.32. The van der Waals surface area contributed by atoms with Crippen LogP contribution in [0.5, 0.6) is 5.75 Å². The fraction of sp³-hybridized carbons (Fsp3) is 0.350. The Morgan fingerprint density at radius 2 is 1.92 bits per heavy atom. The van der Waals surface area contributed by atoms with E-state index >= 15 is 0 Å². The van der Waals surface area contributed by atoms with Crippen molar-refractivity contribution in [3.8, 4) is 5.75 Å². The largest absolute Gasteiger partial charge is 0.490 e. The summed E-state index contributed by atoms with van der Waals surface area (Å²) in [6.45, 7) is 3.69. The average Bonchev–Trinajstić information content (AvgIpc) is 2.88. The zero-order valence-corrected chi connectivity index (χ0v) is 15.3. The number of nitrogens with zero attached hydrogens (tertiary/aromatic N) is 1. The standard InChI is InChI=1S/C20H20ClNO4/c1-14-6-4-7-15-18(14)22(19(23)20(15)25-11-5-12-26-20)10-13-24-17-9-3-2-8-16(17)21/h2-4,6-9H,5,10-13H2,1H3. The van der Waals surface area contributed by atoms with Crippen molar-refractivity contribution in [2.75, 3.05) is 31.3 Å². The molecule has 2 heterocycles. The molecule has 136 valence electrons. The second kappa shape index (κ2) is 6.91. The average molecular weight is 374 g/mol. The minimum absolute atomic E-state index is 0.191. The molecule has 1 saturated heterocycles. The maximum atomic E-state index is 13.2. The monoisotopic (exact) mass is 373 g/mol. The number of ether oxygens (including phenoxy) is 3. The summed E-state index contributed by atoms with van der Waals surface area (Å²) >= 11 is 6.13. The molecule has 0 N–H and O–H groups in total. The molecule has 0 saturated carbocycles. The molecule has 0 bridgehead atoms. The SMILES string of the molecule is Cc1cccc2c1N(CCOc1ccccc1Cl)C(=O)C21OCCCO1. The molecule has 0 radical (unpaired) electrons. The van der Waals surface area contributed by atoms with Crippen molar-refractivity contribution in [2.45, 2.75) is 19.1 Å². The van der Waals surface area contributed by atoms with Gasteiger partial charge >= 0.3 is 0 Å². The van der Waals surface area contributed by atoms with Crippen molar-refractivity contribution < 1.29 is 19.0 Å². The van der Waals surface area contributed by atoms with E-state index in [1.54, 1.807) is 11.0 Å². The smallest absolute Gasteiger partial charge is 0.292 e. The van der Waals surface area contributed by atoms with Gasteiger partial charge in [-0.05, 0) is 31.0 Å². The zero-order chi connectivity index (χ0) is 18.1. The van der Waals surface area contributed by atoms with E-state index in [0.29, 0.717) is 37.1 Å². The number of fused-ring (bicyclic) bond motifs is 2. The number of para-hydroxylation sites is 2. The van der Waals surface area contributed by atoms with Gasteiger partial charge in [-0.25, -0.2) is 0 Å². The fourth-order valence-corrected chi connectivity index (χ4v) is 3.70. The molecule has 2 aromatic rings. The van der Waals surface area contributed by atoms with Gasteiger partial charge in [0.1, 0.15) is 12.4 Å². The van der Waals surface area contributed by atoms with Crippen LogP contribution in [-0.2, 0) is 20.1 Å². The van der Waals surface area contributed by atoms with Crippen molar-refractivity contribution >= 4 is 23.2 Å². The lowest BCUT2D eigenvalue weighted by Crippen LogP contribution is -2.48. The summed E-state index contributed by atoms with van der Waals surface area (Å²) in [6.07, 6.45) is 0.784. The van der Waals surface area contributed by atoms with E-state index < -0.39 is 5.79 Å². The van der Waals surface area contributed by atoms with Gasteiger partial charge in [-0.1, -0.05) is 41.9 Å². The molecule has 5 nitrogen and oxygen atoms in total. The zero-order valence-electron chi connectivity index (χ0n) is 14.5. The number of amides is 1. The van der Waals surface area contributed by atoms with E-state index in [0.717, 1.165) is 23.2 Å². The van der Waals surface area contributed by atoms with Gasteiger partial charge in [-0.15, -0.1) is 0 Å². The van der Waals surface area contributed by atoms with Gasteiger partial charge in [0, 0.05) is 5.56 Å². The highest BCUT2D eigenvalue weighted by Crippen LogP contribution is 2.46. The first-order valence-corrected chi connectivity index (χ1v) is 9.08. The van der Waals surface area contributed by atoms with Gasteiger partial charge in [0.05, 0.1) is 30.5 Å². The van der Waals surface area contributed by atoms with Crippen LogP contribution < -0.4 is 9.64 Å². The highest BCUT2D eigenvalue weighted by Gasteiger charge is 2.55. The Balaban J connectivity index is 1.59. The molecule has 0 unspecified atom stereocenters. The Morgan fingerprint density at radius 3 is 2.69 bits per heavy atom. The number of benzene rings is 2. The first kappa shape index (κ1) is 17.3. The summed E-state index contributed by atoms with van der Waals surface area (Å²) in [5.41, 5.74) is 2.63. The molecule has 0 aliphatic carbocycles. The lowest BCUT2D eigenvalue weighted by Gasteiger charge is -2.32. The Hall–Kier alpha value is -2.08. The van der Waals surface area contributed by atoms with E-state index in [9.17, 15) is 4.79 Å². The van der Waals surface area contributed by atoms with E-state index in [1.807, 2.05) is 43.3 Å². The number of aryl methyl sites for hydroxylation is 1. The van der Waals surface area contributed by atoms with E-state index in [4.69, 9.17) is 25.8 Å². The molecule has 0 aromatic heterocycles. The Kier molecular flexibility index (Phi) is 4.61. The first-order valence-electron chi connectivity index (χ1n) is 8.71. The topological polar surface area (TPSA) is 48.0 Å². The lowest BCUT2D eigenvalue weighted by molar-refractivity contribution is -0.256. The normalized spacial score (nSPS) is 18.2. The number of carbonyl (C=O) groups excluding carboxylic acids is 1. The summed E-state index contributed by atoms with van der Waals surface area (Å²) in [5.74, 6) is -0.903. The summed E-state index contributed by atoms with van der Waals surface area (Å²) in [5, 5.41) is 0.548. The molecular weight excluding hydrogens is 354 g/mol. The van der Waals surface area contributed by atoms with E-state index in [-0.39, 0.29) is 5.91 Å². The molecular formula is C20H20ClNO4. The van der Waals surface area contributed by atoms with Crippen LogP contribution in [0.1, 0.15) is 17.5 Å². The lowest BCUT2D eigenvalue weighted by atomic mass is 10.0. The Labute approximate surface area is 157 Å². The van der Waals surface area contributed by atoms with E-state index in [2.05, 4.69) is 0 Å². The third kappa shape index (κ3) is 2.76. The highest BCUT2D eigenvalue weighted by molar-refractivity contribution is 6.32. The van der Waals surface area contributed by atoms with E-state index in [1.165, 1.54) is 0 Å². The number of anilines is 1. The third-order valence-corrected chi connectivity index (χ3v) is 5.01. The van der Waals surface area contributed by atoms with Crippen LogP contribution in [0.4, 0.5) is 5.69 Å². The number of hydrogen-bond acceptors (Lipinski definition) is 4. The summed E-state index contributed by atoms with van der Waals surface area (Å²) in [7, 11) is 0. The van der Waals surface area contributed by atoms with Gasteiger partial charge in [0.2, 0.25) is 0 Å². The van der Waals surface area contributed by atoms with Crippen molar-refractivity contribution in [2.24, 2.45) is 0 Å². The molecule has 2 aromatic carbocycles. The number of carbonyl (C=O) groups is 1. The molecule has 1 spiro atoms. The molecule has 2 aliphatic rings. The van der Waals surface area contributed by atoms with Crippen molar-refractivity contribution in [3.63, 3.8) is 0 Å². The second-order valence-corrected chi connectivity index (χ2v) is 6.78. The number of hydrogen-bond donors (Lipinski definition) is 0. The molecule has 2 aliphatic heterocycles. The van der Waals surface area contributed by atoms with Crippen LogP contribution >= 0.6 is 11.6 Å². The van der Waals surface area contributed by atoms with Crippen LogP contribution in [-0.4, -0.2) is 32.3 Å². The van der Waals surface area contributed by atoms with Crippen LogP contribution in [0.3, 0.4) is 0 Å². The third-order valence-electron chi connectivity index (χ3n) is 4.70. The quantitative estimate of drug-likeness (QED) is 0.820. The summed E-state index contributed by atoms with van der Waals surface area (Å²) in [6, 6.07) is 13.1. The maximum Gasteiger partial charge on any atom is 0.292 e. The Morgan fingerprint density at radius 1 is 1.15 bits per heavy atom. The molecule has 0 atom stereocenters. The predicted octanol–water partition coefficient (Wildman–Crippen LogP) is 3.66. The van der Waals surface area contributed by atoms with Gasteiger partial charge in [0.25, 0.3) is 11.7 Å². The summed E-state index contributed by atoms with van der Waals surface area (Å²) < 4.78 is 17.5. The second-order valence-electron chi connectivity index (χ2n) is 6.37. The van der Waals surface area contributed by atoms with Crippen molar-refractivity contribution in [1.82, 2.24) is 0 Å². The van der Waals surface area contributed by atoms with Crippen molar-refractivity contribution in [1.29, 1.82) is 0 Å². The van der Waals surface area contributed by atoms with Crippen LogP contribution in [0.25, 0.3) is 0 Å². The van der Waals surface area contributed by atoms with Gasteiger partial charge in [-0.3, -0.25) is 4.79 Å². The summed E-state index contributed by atoms with van der Waals surface area (Å²) in [4.78, 5) is 14.9. The van der Waals surface area contributed by atoms with Crippen molar-refractivity contribution in [3.05, 3.63) is 58.6 Å². The van der Waals surface area contributed by atoms with Gasteiger partial charge < -0.3 is 19.1 Å². The predicted molar refractivity (Wildman–Crippen MR) is 98.7 cm³/mol. The molecule has 1 fully saturated rings. The molecule has 6 heteroatoms. The molecule has 26 heavy (non-hydrogen) atoms. The fourth-order valence-electron chi connectivity index (χ4n) is 3.51. The molecule has 4 rings (SSSR count). The first-order chi connectivity index (χ1) is 12.6. The van der Waals surface area contributed by atoms with Crippen LogP contribution in [0, 0.1) is 6.92 Å². The van der Waals surface area contributed by atoms with Gasteiger partial charge in [-0.2, -0.15) is 0 Å². The Bertz CT molecular complexity index is 832. The molecule has 1 amide bonds. The minimum Gasteiger partial charge on any atom is -0.490 e. The van der Waals surface area contributed by atoms with Crippen LogP contribution in [0.15, 0.2) is 42.5 Å². The number of halogens is 1.